The van der Waals surface area contributed by atoms with Crippen LogP contribution in [0.2, 0.25) is 0 Å². The van der Waals surface area contributed by atoms with Crippen LogP contribution in [0.15, 0.2) is 5.18 Å². The number of rotatable bonds is 10. The number of carbonyl (C=O) groups is 1. The number of hydrogen-bond donors (Lipinski definition) is 1. The SMILES string of the molecule is O=NC(=O)CCCCCCCCCCS. The summed E-state index contributed by atoms with van der Waals surface area (Å²) in [5.74, 6) is 0.477. The van der Waals surface area contributed by atoms with Crippen molar-refractivity contribution in [3.05, 3.63) is 4.91 Å². The van der Waals surface area contributed by atoms with E-state index in [-0.39, 0.29) is 0 Å². The van der Waals surface area contributed by atoms with E-state index in [0.29, 0.717) is 6.42 Å². The summed E-state index contributed by atoms with van der Waals surface area (Å²) in [5, 5.41) is 2.36. The number of thiol groups is 1. The Bertz CT molecular complexity index is 174. The quantitative estimate of drug-likeness (QED) is 0.354. The summed E-state index contributed by atoms with van der Waals surface area (Å²) in [6, 6.07) is 0. The van der Waals surface area contributed by atoms with Gasteiger partial charge in [0.25, 0.3) is 5.91 Å². The lowest BCUT2D eigenvalue weighted by Gasteiger charge is -2.00. The van der Waals surface area contributed by atoms with Gasteiger partial charge in [-0.05, 0) is 18.6 Å². The normalized spacial score (nSPS) is 10.2. The zero-order valence-corrected chi connectivity index (χ0v) is 10.2. The van der Waals surface area contributed by atoms with Crippen molar-refractivity contribution in [3.63, 3.8) is 0 Å². The maximum atomic E-state index is 10.5. The maximum absolute atomic E-state index is 10.5. The summed E-state index contributed by atoms with van der Waals surface area (Å²) < 4.78 is 0. The molecule has 15 heavy (non-hydrogen) atoms. The van der Waals surface area contributed by atoms with Gasteiger partial charge in [0, 0.05) is 11.6 Å². The summed E-state index contributed by atoms with van der Waals surface area (Å²) in [6.07, 6.45) is 9.60. The van der Waals surface area contributed by atoms with Crippen LogP contribution in [0.25, 0.3) is 0 Å². The molecule has 0 rings (SSSR count). The van der Waals surface area contributed by atoms with Crippen LogP contribution in [-0.4, -0.2) is 11.7 Å². The second-order valence-corrected chi connectivity index (χ2v) is 4.23. The molecular weight excluding hydrogens is 210 g/mol. The van der Waals surface area contributed by atoms with Gasteiger partial charge in [-0.15, -0.1) is 4.91 Å². The van der Waals surface area contributed by atoms with Crippen LogP contribution in [0.1, 0.15) is 57.8 Å². The third kappa shape index (κ3) is 11.5. The minimum atomic E-state index is -0.510. The predicted octanol–water partition coefficient (Wildman–Crippen LogP) is 3.72. The molecule has 0 bridgehead atoms. The van der Waals surface area contributed by atoms with E-state index in [1.54, 1.807) is 0 Å². The van der Waals surface area contributed by atoms with E-state index in [0.717, 1.165) is 25.0 Å². The van der Waals surface area contributed by atoms with Crippen LogP contribution >= 0.6 is 12.6 Å². The van der Waals surface area contributed by atoms with E-state index in [9.17, 15) is 9.70 Å². The Labute approximate surface area is 97.4 Å². The molecule has 0 spiro atoms. The van der Waals surface area contributed by atoms with Crippen molar-refractivity contribution in [1.82, 2.24) is 0 Å². The Morgan fingerprint density at radius 1 is 0.867 bits per heavy atom. The highest BCUT2D eigenvalue weighted by atomic mass is 32.1. The van der Waals surface area contributed by atoms with Gasteiger partial charge in [0.15, 0.2) is 0 Å². The largest absolute Gasteiger partial charge is 0.286 e. The van der Waals surface area contributed by atoms with E-state index in [1.165, 1.54) is 32.1 Å². The molecule has 0 radical (unpaired) electrons. The molecule has 88 valence electrons. The number of nitroso groups, excluding NO2 is 1. The molecule has 0 atom stereocenters. The third-order valence-electron chi connectivity index (χ3n) is 2.40. The Hall–Kier alpha value is -0.380. The molecule has 1 amide bonds. The van der Waals surface area contributed by atoms with Gasteiger partial charge in [0.1, 0.15) is 0 Å². The number of carbonyl (C=O) groups excluding carboxylic acids is 1. The smallest absolute Gasteiger partial charge is 0.269 e. The molecule has 4 heteroatoms. The molecule has 0 unspecified atom stereocenters. The molecule has 0 fully saturated rings. The molecule has 0 aliphatic carbocycles. The summed E-state index contributed by atoms with van der Waals surface area (Å²) in [5.41, 5.74) is 0. The van der Waals surface area contributed by atoms with E-state index >= 15 is 0 Å². The van der Waals surface area contributed by atoms with Gasteiger partial charge in [-0.25, -0.2) is 0 Å². The van der Waals surface area contributed by atoms with Gasteiger partial charge in [-0.3, -0.25) is 4.79 Å². The van der Waals surface area contributed by atoms with Gasteiger partial charge in [0.2, 0.25) is 0 Å². The molecule has 0 aliphatic rings. The Morgan fingerprint density at radius 2 is 1.33 bits per heavy atom. The van der Waals surface area contributed by atoms with Crippen LogP contribution in [0.4, 0.5) is 0 Å². The van der Waals surface area contributed by atoms with Gasteiger partial charge in [-0.1, -0.05) is 38.5 Å². The van der Waals surface area contributed by atoms with Crippen molar-refractivity contribution >= 4 is 18.5 Å². The minimum Gasteiger partial charge on any atom is -0.269 e. The summed E-state index contributed by atoms with van der Waals surface area (Å²) >= 11 is 4.15. The zero-order valence-electron chi connectivity index (χ0n) is 9.28. The van der Waals surface area contributed by atoms with E-state index in [1.807, 2.05) is 0 Å². The standard InChI is InChI=1S/C11H21NO2S/c13-11(12-14)9-7-5-3-1-2-4-6-8-10-15/h15H,1-10H2. The molecule has 0 aliphatic heterocycles. The molecule has 0 N–H and O–H groups in total. The highest BCUT2D eigenvalue weighted by Gasteiger charge is 1.99. The van der Waals surface area contributed by atoms with Crippen LogP contribution in [-0.2, 0) is 4.79 Å². The molecule has 0 saturated carbocycles. The van der Waals surface area contributed by atoms with E-state index < -0.39 is 5.91 Å². The molecule has 0 saturated heterocycles. The number of hydrogen-bond acceptors (Lipinski definition) is 3. The summed E-state index contributed by atoms with van der Waals surface area (Å²) in [6.45, 7) is 0. The van der Waals surface area contributed by atoms with Crippen LogP contribution in [0.5, 0.6) is 0 Å². The first-order chi connectivity index (χ1) is 7.31. The van der Waals surface area contributed by atoms with Crippen molar-refractivity contribution in [2.75, 3.05) is 5.75 Å². The predicted molar refractivity (Wildman–Crippen MR) is 66.2 cm³/mol. The first kappa shape index (κ1) is 14.6. The van der Waals surface area contributed by atoms with Gasteiger partial charge < -0.3 is 0 Å². The number of unbranched alkanes of at least 4 members (excludes halogenated alkanes) is 7. The molecule has 0 aromatic rings. The fourth-order valence-electron chi connectivity index (χ4n) is 1.49. The lowest BCUT2D eigenvalue weighted by molar-refractivity contribution is -0.118. The lowest BCUT2D eigenvalue weighted by atomic mass is 10.1. The Balaban J connectivity index is 2.98. The van der Waals surface area contributed by atoms with Crippen molar-refractivity contribution in [3.8, 4) is 0 Å². The van der Waals surface area contributed by atoms with Crippen molar-refractivity contribution in [2.45, 2.75) is 57.8 Å². The lowest BCUT2D eigenvalue weighted by Crippen LogP contribution is -1.91. The Kier molecular flexibility index (Phi) is 11.4. The van der Waals surface area contributed by atoms with Gasteiger partial charge in [-0.2, -0.15) is 12.6 Å². The molecular formula is C11H21NO2S. The first-order valence-electron chi connectivity index (χ1n) is 5.78. The van der Waals surface area contributed by atoms with Gasteiger partial charge >= 0.3 is 0 Å². The van der Waals surface area contributed by atoms with E-state index in [4.69, 9.17) is 0 Å². The fourth-order valence-corrected chi connectivity index (χ4v) is 1.72. The fraction of sp³-hybridized carbons (Fsp3) is 0.909. The van der Waals surface area contributed by atoms with Crippen molar-refractivity contribution in [2.24, 2.45) is 5.18 Å². The van der Waals surface area contributed by atoms with Gasteiger partial charge in [0.05, 0.1) is 0 Å². The number of amides is 1. The average Bonchev–Trinajstić information content (AvgIpc) is 2.26. The Morgan fingerprint density at radius 3 is 1.80 bits per heavy atom. The highest BCUT2D eigenvalue weighted by Crippen LogP contribution is 2.10. The summed E-state index contributed by atoms with van der Waals surface area (Å²) in [4.78, 5) is 20.3. The number of nitrogens with zero attached hydrogens (tertiary/aromatic N) is 1. The van der Waals surface area contributed by atoms with Crippen LogP contribution < -0.4 is 0 Å². The van der Waals surface area contributed by atoms with Crippen LogP contribution in [0.3, 0.4) is 0 Å². The molecule has 3 nitrogen and oxygen atoms in total. The zero-order chi connectivity index (χ0) is 11.4. The maximum Gasteiger partial charge on any atom is 0.286 e. The molecule has 0 heterocycles. The first-order valence-corrected chi connectivity index (χ1v) is 6.41. The second kappa shape index (κ2) is 11.7. The van der Waals surface area contributed by atoms with Crippen molar-refractivity contribution in [1.29, 1.82) is 0 Å². The minimum absolute atomic E-state index is 0.323. The third-order valence-corrected chi connectivity index (χ3v) is 2.72. The monoisotopic (exact) mass is 231 g/mol. The van der Waals surface area contributed by atoms with Crippen LogP contribution in [0, 0.1) is 4.91 Å². The second-order valence-electron chi connectivity index (χ2n) is 3.79. The van der Waals surface area contributed by atoms with Crippen molar-refractivity contribution < 1.29 is 4.79 Å². The topological polar surface area (TPSA) is 46.5 Å². The average molecular weight is 231 g/mol. The van der Waals surface area contributed by atoms with E-state index in [2.05, 4.69) is 17.8 Å². The summed E-state index contributed by atoms with van der Waals surface area (Å²) in [7, 11) is 0. The highest BCUT2D eigenvalue weighted by molar-refractivity contribution is 7.80. The molecule has 0 aromatic carbocycles. The molecule has 0 aromatic heterocycles.